The third-order valence-electron chi connectivity index (χ3n) is 1.32. The third kappa shape index (κ3) is 2.72. The van der Waals surface area contributed by atoms with Gasteiger partial charge < -0.3 is 0 Å². The van der Waals surface area contributed by atoms with Crippen molar-refractivity contribution in [2.24, 2.45) is 11.8 Å². The molecule has 0 bridgehead atoms. The molecule has 0 N–H and O–H groups in total. The Balaban J connectivity index is 3.76. The molecule has 0 amide bonds. The normalized spacial score (nSPS) is 16.9. The molecule has 0 aliphatic heterocycles. The number of hydrogen-bond acceptors (Lipinski definition) is 1. The quantitative estimate of drug-likeness (QED) is 0.548. The summed E-state index contributed by atoms with van der Waals surface area (Å²) in [5.74, 6) is 0.355. The first-order valence-corrected chi connectivity index (χ1v) is 3.57. The predicted octanol–water partition coefficient (Wildman–Crippen LogP) is 2.41. The Kier molecular flexibility index (Phi) is 3.65. The molecular formula is C7H12ClN. The van der Waals surface area contributed by atoms with Gasteiger partial charge in [0.2, 0.25) is 0 Å². The predicted molar refractivity (Wildman–Crippen MR) is 39.3 cm³/mol. The molecule has 2 heteroatoms. The molecule has 0 aliphatic carbocycles. The number of halogens is 1. The lowest BCUT2D eigenvalue weighted by molar-refractivity contribution is 0.520. The zero-order chi connectivity index (χ0) is 7.44. The SMILES string of the molecule is CC(C)C(Cl)C(C)C#N. The maximum atomic E-state index is 8.42. The Morgan fingerprint density at radius 3 is 1.89 bits per heavy atom. The van der Waals surface area contributed by atoms with Gasteiger partial charge in [-0.1, -0.05) is 13.8 Å². The lowest BCUT2D eigenvalue weighted by Gasteiger charge is -2.13. The van der Waals surface area contributed by atoms with E-state index in [4.69, 9.17) is 16.9 Å². The van der Waals surface area contributed by atoms with Crippen LogP contribution in [0.1, 0.15) is 20.8 Å². The van der Waals surface area contributed by atoms with Crippen molar-refractivity contribution >= 4 is 11.6 Å². The first-order valence-electron chi connectivity index (χ1n) is 3.13. The fourth-order valence-electron chi connectivity index (χ4n) is 0.649. The molecular weight excluding hydrogens is 134 g/mol. The van der Waals surface area contributed by atoms with E-state index >= 15 is 0 Å². The van der Waals surface area contributed by atoms with Crippen molar-refractivity contribution in [2.45, 2.75) is 26.1 Å². The zero-order valence-electron chi connectivity index (χ0n) is 6.06. The van der Waals surface area contributed by atoms with E-state index in [9.17, 15) is 0 Å². The second kappa shape index (κ2) is 3.74. The lowest BCUT2D eigenvalue weighted by atomic mass is 10.00. The van der Waals surface area contributed by atoms with Crippen LogP contribution in [0.5, 0.6) is 0 Å². The summed E-state index contributed by atoms with van der Waals surface area (Å²) in [5.41, 5.74) is 0. The van der Waals surface area contributed by atoms with Gasteiger partial charge in [0.25, 0.3) is 0 Å². The topological polar surface area (TPSA) is 23.8 Å². The van der Waals surface area contributed by atoms with Crippen LogP contribution in [0.4, 0.5) is 0 Å². The van der Waals surface area contributed by atoms with E-state index < -0.39 is 0 Å². The summed E-state index contributed by atoms with van der Waals surface area (Å²) >= 11 is 5.84. The molecule has 9 heavy (non-hydrogen) atoms. The van der Waals surface area contributed by atoms with Gasteiger partial charge >= 0.3 is 0 Å². The summed E-state index contributed by atoms with van der Waals surface area (Å²) in [4.78, 5) is 0. The molecule has 0 saturated carbocycles. The average molecular weight is 146 g/mol. The zero-order valence-corrected chi connectivity index (χ0v) is 6.81. The number of hydrogen-bond donors (Lipinski definition) is 0. The third-order valence-corrected chi connectivity index (χ3v) is 2.20. The molecule has 0 aliphatic rings. The molecule has 0 heterocycles. The van der Waals surface area contributed by atoms with Crippen LogP contribution in [0.2, 0.25) is 0 Å². The lowest BCUT2D eigenvalue weighted by Crippen LogP contribution is -2.15. The minimum absolute atomic E-state index is 0.00463. The molecule has 2 unspecified atom stereocenters. The van der Waals surface area contributed by atoms with Crippen molar-refractivity contribution in [3.63, 3.8) is 0 Å². The van der Waals surface area contributed by atoms with Crippen molar-refractivity contribution in [3.8, 4) is 6.07 Å². The molecule has 1 nitrogen and oxygen atoms in total. The van der Waals surface area contributed by atoms with Gasteiger partial charge in [0.05, 0.1) is 17.4 Å². The Morgan fingerprint density at radius 1 is 1.33 bits per heavy atom. The first-order chi connectivity index (χ1) is 4.09. The Morgan fingerprint density at radius 2 is 1.78 bits per heavy atom. The standard InChI is InChI=1S/C7H12ClN/c1-5(2)7(8)6(3)4-9/h5-7H,1-3H3. The van der Waals surface area contributed by atoms with E-state index in [0.717, 1.165) is 0 Å². The van der Waals surface area contributed by atoms with Gasteiger partial charge in [-0.25, -0.2) is 0 Å². The summed E-state index contributed by atoms with van der Waals surface area (Å²) in [6, 6.07) is 2.11. The summed E-state index contributed by atoms with van der Waals surface area (Å²) in [5, 5.41) is 8.41. The largest absolute Gasteiger partial charge is 0.198 e. The van der Waals surface area contributed by atoms with Crippen LogP contribution in [0.3, 0.4) is 0 Å². The molecule has 0 aromatic rings. The molecule has 0 saturated heterocycles. The van der Waals surface area contributed by atoms with Crippen molar-refractivity contribution < 1.29 is 0 Å². The van der Waals surface area contributed by atoms with Crippen molar-refractivity contribution in [3.05, 3.63) is 0 Å². The fourth-order valence-corrected chi connectivity index (χ4v) is 0.705. The van der Waals surface area contributed by atoms with Crippen LogP contribution >= 0.6 is 11.6 Å². The highest BCUT2D eigenvalue weighted by atomic mass is 35.5. The molecule has 52 valence electrons. The van der Waals surface area contributed by atoms with Gasteiger partial charge in [0.15, 0.2) is 0 Å². The molecule has 0 fully saturated rings. The van der Waals surface area contributed by atoms with Gasteiger partial charge in [0, 0.05) is 0 Å². The van der Waals surface area contributed by atoms with Gasteiger partial charge in [-0.05, 0) is 12.8 Å². The van der Waals surface area contributed by atoms with Crippen molar-refractivity contribution in [1.29, 1.82) is 5.26 Å². The smallest absolute Gasteiger partial charge is 0.0668 e. The van der Waals surface area contributed by atoms with E-state index in [-0.39, 0.29) is 11.3 Å². The van der Waals surface area contributed by atoms with Crippen molar-refractivity contribution in [1.82, 2.24) is 0 Å². The molecule has 0 radical (unpaired) electrons. The summed E-state index contributed by atoms with van der Waals surface area (Å²) in [6.07, 6.45) is 0. The van der Waals surface area contributed by atoms with E-state index in [1.807, 2.05) is 20.8 Å². The van der Waals surface area contributed by atoms with Gasteiger partial charge in [-0.15, -0.1) is 11.6 Å². The first kappa shape index (κ1) is 8.78. The van der Waals surface area contributed by atoms with Crippen LogP contribution in [-0.2, 0) is 0 Å². The summed E-state index contributed by atoms with van der Waals surface area (Å²) in [6.45, 7) is 5.88. The van der Waals surface area contributed by atoms with Gasteiger partial charge in [-0.2, -0.15) is 5.26 Å². The van der Waals surface area contributed by atoms with Crippen LogP contribution in [-0.4, -0.2) is 5.38 Å². The maximum Gasteiger partial charge on any atom is 0.0668 e. The Hall–Kier alpha value is -0.220. The molecule has 0 aromatic heterocycles. The Labute approximate surface area is 61.6 Å². The summed E-state index contributed by atoms with van der Waals surface area (Å²) in [7, 11) is 0. The van der Waals surface area contributed by atoms with Gasteiger partial charge in [0.1, 0.15) is 0 Å². The molecule has 0 aromatic carbocycles. The number of nitrogens with zero attached hydrogens (tertiary/aromatic N) is 1. The highest BCUT2D eigenvalue weighted by molar-refractivity contribution is 6.21. The van der Waals surface area contributed by atoms with E-state index in [0.29, 0.717) is 5.92 Å². The van der Waals surface area contributed by atoms with Crippen LogP contribution in [0, 0.1) is 23.2 Å². The molecule has 2 atom stereocenters. The molecule has 0 spiro atoms. The number of alkyl halides is 1. The molecule has 0 rings (SSSR count). The average Bonchev–Trinajstić information content (AvgIpc) is 1.84. The number of rotatable bonds is 2. The van der Waals surface area contributed by atoms with Crippen LogP contribution < -0.4 is 0 Å². The second-order valence-electron chi connectivity index (χ2n) is 2.61. The minimum atomic E-state index is -0.0355. The van der Waals surface area contributed by atoms with Crippen LogP contribution in [0.25, 0.3) is 0 Å². The van der Waals surface area contributed by atoms with Gasteiger partial charge in [-0.3, -0.25) is 0 Å². The van der Waals surface area contributed by atoms with E-state index in [1.54, 1.807) is 0 Å². The summed E-state index contributed by atoms with van der Waals surface area (Å²) < 4.78 is 0. The van der Waals surface area contributed by atoms with E-state index in [2.05, 4.69) is 6.07 Å². The van der Waals surface area contributed by atoms with E-state index in [1.165, 1.54) is 0 Å². The monoisotopic (exact) mass is 145 g/mol. The minimum Gasteiger partial charge on any atom is -0.198 e. The highest BCUT2D eigenvalue weighted by Gasteiger charge is 2.16. The second-order valence-corrected chi connectivity index (χ2v) is 3.11. The van der Waals surface area contributed by atoms with Crippen LogP contribution in [0.15, 0.2) is 0 Å². The maximum absolute atomic E-state index is 8.42. The Bertz CT molecular complexity index is 115. The number of nitriles is 1. The highest BCUT2D eigenvalue weighted by Crippen LogP contribution is 2.17. The fraction of sp³-hybridized carbons (Fsp3) is 0.857. The van der Waals surface area contributed by atoms with Crippen molar-refractivity contribution in [2.75, 3.05) is 0 Å².